The summed E-state index contributed by atoms with van der Waals surface area (Å²) < 4.78 is 0. The molecule has 72 valence electrons. The second kappa shape index (κ2) is 3.37. The van der Waals surface area contributed by atoms with E-state index >= 15 is 0 Å². The van der Waals surface area contributed by atoms with Gasteiger partial charge in [-0.15, -0.1) is 0 Å². The molecule has 0 atom stereocenters. The lowest BCUT2D eigenvalue weighted by atomic mass is 9.95. The molecule has 0 spiro atoms. The number of Topliss-reactive ketones (excluding diaryl/α,β-unsaturated/α-hetero) is 2. The van der Waals surface area contributed by atoms with Gasteiger partial charge in [0, 0.05) is 12.8 Å². The third kappa shape index (κ3) is 1.48. The fraction of sp³-hybridized carbons (Fsp3) is 0.333. The summed E-state index contributed by atoms with van der Waals surface area (Å²) in [5.74, 6) is -0.340. The Morgan fingerprint density at radius 3 is 2.00 bits per heavy atom. The van der Waals surface area contributed by atoms with Gasteiger partial charge in [-0.25, -0.2) is 0 Å². The van der Waals surface area contributed by atoms with Gasteiger partial charge in [0.1, 0.15) is 17.5 Å². The quantitative estimate of drug-likeness (QED) is 0.632. The van der Waals surface area contributed by atoms with E-state index in [1.54, 1.807) is 0 Å². The lowest BCUT2D eigenvalue weighted by Gasteiger charge is -2.06. The monoisotopic (exact) mass is 188 g/mol. The summed E-state index contributed by atoms with van der Waals surface area (Å²) in [5.41, 5.74) is 2.00. The highest BCUT2D eigenvalue weighted by Gasteiger charge is 2.33. The molecule has 0 radical (unpaired) electrons. The molecule has 0 saturated heterocycles. The summed E-state index contributed by atoms with van der Waals surface area (Å²) in [5, 5.41) is 0. The van der Waals surface area contributed by atoms with Crippen molar-refractivity contribution < 1.29 is 9.59 Å². The molecule has 2 nitrogen and oxygen atoms in total. The van der Waals surface area contributed by atoms with E-state index in [9.17, 15) is 9.59 Å². The standard InChI is InChI=1S/C12H12O2/c1-8-2-4-9(5-3-8)12-10(13)6-7-11(12)14/h2-5,12H,6-7H2,1H3. The second-order valence-electron chi connectivity index (χ2n) is 3.78. The van der Waals surface area contributed by atoms with Crippen molar-refractivity contribution in [2.24, 2.45) is 0 Å². The average Bonchev–Trinajstić information content (AvgIpc) is 2.49. The highest BCUT2D eigenvalue weighted by atomic mass is 16.2. The maximum Gasteiger partial charge on any atom is 0.148 e. The molecular formula is C12H12O2. The second-order valence-corrected chi connectivity index (χ2v) is 3.78. The van der Waals surface area contributed by atoms with Crippen molar-refractivity contribution in [3.63, 3.8) is 0 Å². The van der Waals surface area contributed by atoms with E-state index in [2.05, 4.69) is 0 Å². The molecule has 1 aromatic carbocycles. The first-order valence-corrected chi connectivity index (χ1v) is 4.80. The van der Waals surface area contributed by atoms with Crippen molar-refractivity contribution in [3.8, 4) is 0 Å². The zero-order chi connectivity index (χ0) is 10.1. The highest BCUT2D eigenvalue weighted by Crippen LogP contribution is 2.28. The van der Waals surface area contributed by atoms with Gasteiger partial charge in [0.15, 0.2) is 0 Å². The number of carbonyl (C=O) groups excluding carboxylic acids is 2. The zero-order valence-electron chi connectivity index (χ0n) is 8.12. The first-order chi connectivity index (χ1) is 6.68. The van der Waals surface area contributed by atoms with Crippen LogP contribution in [0.25, 0.3) is 0 Å². The van der Waals surface area contributed by atoms with Crippen LogP contribution < -0.4 is 0 Å². The summed E-state index contributed by atoms with van der Waals surface area (Å²) in [6.45, 7) is 1.99. The summed E-state index contributed by atoms with van der Waals surface area (Å²) in [6, 6.07) is 7.63. The minimum absolute atomic E-state index is 0.0684. The maximum atomic E-state index is 11.4. The molecule has 14 heavy (non-hydrogen) atoms. The minimum Gasteiger partial charge on any atom is -0.299 e. The fourth-order valence-electron chi connectivity index (χ4n) is 1.85. The highest BCUT2D eigenvalue weighted by molar-refractivity contribution is 6.13. The number of benzene rings is 1. The van der Waals surface area contributed by atoms with Crippen LogP contribution in [0.3, 0.4) is 0 Å². The molecule has 0 aliphatic heterocycles. The molecule has 0 unspecified atom stereocenters. The van der Waals surface area contributed by atoms with Crippen LogP contribution in [0.5, 0.6) is 0 Å². The van der Waals surface area contributed by atoms with Gasteiger partial charge in [-0.1, -0.05) is 29.8 Å². The van der Waals surface area contributed by atoms with Crippen molar-refractivity contribution in [3.05, 3.63) is 35.4 Å². The molecule has 1 aliphatic carbocycles. The Balaban J connectivity index is 2.34. The van der Waals surface area contributed by atoms with Gasteiger partial charge in [0.05, 0.1) is 0 Å². The van der Waals surface area contributed by atoms with Crippen LogP contribution in [0.4, 0.5) is 0 Å². The van der Waals surface area contributed by atoms with E-state index in [0.29, 0.717) is 12.8 Å². The lowest BCUT2D eigenvalue weighted by Crippen LogP contribution is -2.11. The first-order valence-electron chi connectivity index (χ1n) is 4.80. The van der Waals surface area contributed by atoms with Crippen LogP contribution in [0.2, 0.25) is 0 Å². The predicted molar refractivity (Wildman–Crippen MR) is 53.2 cm³/mol. The van der Waals surface area contributed by atoms with Crippen molar-refractivity contribution in [2.45, 2.75) is 25.7 Å². The molecule has 0 N–H and O–H groups in total. The molecule has 0 bridgehead atoms. The molecule has 0 amide bonds. The molecule has 1 saturated carbocycles. The molecule has 1 aromatic rings. The number of rotatable bonds is 1. The van der Waals surface area contributed by atoms with Crippen molar-refractivity contribution in [1.82, 2.24) is 0 Å². The van der Waals surface area contributed by atoms with E-state index in [1.807, 2.05) is 31.2 Å². The number of hydrogen-bond donors (Lipinski definition) is 0. The van der Waals surface area contributed by atoms with Gasteiger partial charge in [0.2, 0.25) is 0 Å². The van der Waals surface area contributed by atoms with E-state index in [0.717, 1.165) is 11.1 Å². The lowest BCUT2D eigenvalue weighted by molar-refractivity contribution is -0.123. The normalized spacial score (nSPS) is 17.8. The van der Waals surface area contributed by atoms with Crippen LogP contribution in [-0.4, -0.2) is 11.6 Å². The Bertz CT molecular complexity index is 360. The molecule has 0 heterocycles. The number of hydrogen-bond acceptors (Lipinski definition) is 2. The largest absolute Gasteiger partial charge is 0.299 e. The van der Waals surface area contributed by atoms with Gasteiger partial charge in [-0.3, -0.25) is 9.59 Å². The summed E-state index contributed by atoms with van der Waals surface area (Å²) in [7, 11) is 0. The van der Waals surface area contributed by atoms with Gasteiger partial charge < -0.3 is 0 Å². The fourth-order valence-corrected chi connectivity index (χ4v) is 1.85. The van der Waals surface area contributed by atoms with Crippen molar-refractivity contribution >= 4 is 11.6 Å². The van der Waals surface area contributed by atoms with E-state index in [4.69, 9.17) is 0 Å². The topological polar surface area (TPSA) is 34.1 Å². The van der Waals surface area contributed by atoms with Gasteiger partial charge in [0.25, 0.3) is 0 Å². The SMILES string of the molecule is Cc1ccc(C2C(=O)CCC2=O)cc1. The smallest absolute Gasteiger partial charge is 0.148 e. The van der Waals surface area contributed by atoms with Gasteiger partial charge >= 0.3 is 0 Å². The van der Waals surface area contributed by atoms with Crippen LogP contribution in [0.1, 0.15) is 29.9 Å². The zero-order valence-corrected chi connectivity index (χ0v) is 8.12. The van der Waals surface area contributed by atoms with E-state index in [-0.39, 0.29) is 11.6 Å². The Morgan fingerprint density at radius 2 is 1.50 bits per heavy atom. The van der Waals surface area contributed by atoms with Crippen molar-refractivity contribution in [1.29, 1.82) is 0 Å². The molecule has 1 fully saturated rings. The first kappa shape index (κ1) is 9.13. The number of ketones is 2. The minimum atomic E-state index is -0.476. The molecular weight excluding hydrogens is 176 g/mol. The molecule has 2 rings (SSSR count). The van der Waals surface area contributed by atoms with Crippen LogP contribution in [0.15, 0.2) is 24.3 Å². The third-order valence-electron chi connectivity index (χ3n) is 2.67. The number of carbonyl (C=O) groups is 2. The predicted octanol–water partition coefficient (Wildman–Crippen LogP) is 2.01. The van der Waals surface area contributed by atoms with Crippen LogP contribution in [0, 0.1) is 6.92 Å². The van der Waals surface area contributed by atoms with Crippen molar-refractivity contribution in [2.75, 3.05) is 0 Å². The number of aryl methyl sites for hydroxylation is 1. The summed E-state index contributed by atoms with van der Waals surface area (Å²) in [4.78, 5) is 22.9. The molecule has 2 heteroatoms. The van der Waals surface area contributed by atoms with Gasteiger partial charge in [-0.2, -0.15) is 0 Å². The summed E-state index contributed by atoms with van der Waals surface area (Å²) in [6.07, 6.45) is 0.828. The van der Waals surface area contributed by atoms with E-state index in [1.165, 1.54) is 0 Å². The maximum absolute atomic E-state index is 11.4. The molecule has 1 aliphatic rings. The Morgan fingerprint density at radius 1 is 1.00 bits per heavy atom. The van der Waals surface area contributed by atoms with Crippen LogP contribution in [-0.2, 0) is 9.59 Å². The third-order valence-corrected chi connectivity index (χ3v) is 2.67. The van der Waals surface area contributed by atoms with E-state index < -0.39 is 5.92 Å². The Kier molecular flexibility index (Phi) is 2.20. The van der Waals surface area contributed by atoms with Crippen LogP contribution >= 0.6 is 0 Å². The Hall–Kier alpha value is -1.44. The van der Waals surface area contributed by atoms with Gasteiger partial charge in [-0.05, 0) is 12.5 Å². The summed E-state index contributed by atoms with van der Waals surface area (Å²) >= 11 is 0. The average molecular weight is 188 g/mol. The molecule has 0 aromatic heterocycles. The Labute approximate surface area is 82.9 Å².